The molecule has 2 saturated heterocycles. The van der Waals surface area contributed by atoms with Gasteiger partial charge in [-0.05, 0) is 36.0 Å². The van der Waals surface area contributed by atoms with Crippen LogP contribution in [0.5, 0.6) is 0 Å². The Kier molecular flexibility index (Phi) is 5.60. The van der Waals surface area contributed by atoms with Gasteiger partial charge in [0.05, 0.1) is 30.8 Å². The van der Waals surface area contributed by atoms with Crippen LogP contribution < -0.4 is 0 Å². The average Bonchev–Trinajstić information content (AvgIpc) is 2.73. The fourth-order valence-corrected chi connectivity index (χ4v) is 4.59. The third-order valence-electron chi connectivity index (χ3n) is 5.97. The van der Waals surface area contributed by atoms with E-state index >= 15 is 0 Å². The van der Waals surface area contributed by atoms with Crippen molar-refractivity contribution in [3.8, 4) is 0 Å². The van der Waals surface area contributed by atoms with E-state index < -0.39 is 10.9 Å². The molecule has 0 radical (unpaired) electrons. The van der Waals surface area contributed by atoms with E-state index in [1.807, 2.05) is 18.2 Å². The van der Waals surface area contributed by atoms with Crippen LogP contribution >= 0.6 is 0 Å². The number of nitrogens with zero attached hydrogens (tertiary/aromatic N) is 2. The summed E-state index contributed by atoms with van der Waals surface area (Å²) >= 11 is 0. The first-order valence-corrected chi connectivity index (χ1v) is 9.81. The summed E-state index contributed by atoms with van der Waals surface area (Å²) < 4.78 is 10.7. The lowest BCUT2D eigenvalue weighted by molar-refractivity contribution is -0.384. The molecule has 2 aliphatic heterocycles. The lowest BCUT2D eigenvalue weighted by Crippen LogP contribution is -2.55. The molecule has 2 unspecified atom stereocenters. The van der Waals surface area contributed by atoms with Gasteiger partial charge in [0.15, 0.2) is 0 Å². The van der Waals surface area contributed by atoms with Gasteiger partial charge in [-0.2, -0.15) is 0 Å². The summed E-state index contributed by atoms with van der Waals surface area (Å²) in [6.45, 7) is 2.11. The van der Waals surface area contributed by atoms with Gasteiger partial charge >= 0.3 is 5.97 Å². The van der Waals surface area contributed by atoms with E-state index in [1.165, 1.54) is 24.8 Å². The lowest BCUT2D eigenvalue weighted by Gasteiger charge is -2.48. The topological polar surface area (TPSA) is 81.9 Å². The zero-order chi connectivity index (χ0) is 20.4. The number of fused-ring (bicyclic) bond motifs is 2. The molecule has 0 amide bonds. The minimum atomic E-state index is -0.456. The first-order chi connectivity index (χ1) is 14.1. The molecule has 0 aliphatic carbocycles. The van der Waals surface area contributed by atoms with Gasteiger partial charge < -0.3 is 9.47 Å². The maximum Gasteiger partial charge on any atom is 0.338 e. The number of ether oxygens (including phenoxy) is 2. The van der Waals surface area contributed by atoms with Crippen LogP contribution in [0.25, 0.3) is 0 Å². The molecule has 2 bridgehead atoms. The van der Waals surface area contributed by atoms with Crippen LogP contribution in [0.1, 0.15) is 40.2 Å². The number of hydrogen-bond acceptors (Lipinski definition) is 6. The maximum absolute atomic E-state index is 12.3. The number of non-ortho nitro benzene ring substituents is 1. The number of methoxy groups -OCH3 is 1. The molecular formula is C22H24N2O5. The van der Waals surface area contributed by atoms with E-state index in [-0.39, 0.29) is 23.7 Å². The fourth-order valence-electron chi connectivity index (χ4n) is 4.59. The molecule has 7 nitrogen and oxygen atoms in total. The third-order valence-corrected chi connectivity index (χ3v) is 5.97. The number of nitro groups is 1. The monoisotopic (exact) mass is 396 g/mol. The minimum absolute atomic E-state index is 0.000720. The van der Waals surface area contributed by atoms with Gasteiger partial charge in [0.1, 0.15) is 0 Å². The number of benzene rings is 2. The second-order valence-electron chi connectivity index (χ2n) is 7.69. The molecule has 29 heavy (non-hydrogen) atoms. The van der Waals surface area contributed by atoms with Crippen LogP contribution in [-0.4, -0.2) is 48.2 Å². The first-order valence-electron chi connectivity index (χ1n) is 9.81. The van der Waals surface area contributed by atoms with E-state index in [4.69, 9.17) is 9.47 Å². The van der Waals surface area contributed by atoms with Gasteiger partial charge in [-0.1, -0.05) is 30.3 Å². The second-order valence-corrected chi connectivity index (χ2v) is 7.69. The molecule has 7 heteroatoms. The Morgan fingerprint density at radius 1 is 1.17 bits per heavy atom. The fraction of sp³-hybridized carbons (Fsp3) is 0.409. The number of rotatable bonds is 5. The highest BCUT2D eigenvalue weighted by molar-refractivity contribution is 5.91. The number of hydrogen-bond donors (Lipinski definition) is 0. The van der Waals surface area contributed by atoms with E-state index in [2.05, 4.69) is 17.0 Å². The smallest absolute Gasteiger partial charge is 0.338 e. The summed E-state index contributed by atoms with van der Waals surface area (Å²) in [5, 5.41) is 11.3. The summed E-state index contributed by atoms with van der Waals surface area (Å²) in [4.78, 5) is 25.6. The summed E-state index contributed by atoms with van der Waals surface area (Å²) in [6.07, 6.45) is 1.57. The molecule has 152 valence electrons. The number of esters is 1. The van der Waals surface area contributed by atoms with Gasteiger partial charge in [-0.3, -0.25) is 15.0 Å². The standard InChI is InChI=1S/C22H24N2O5/c1-28-22(25)20-8-7-17(24(26)27)11-21(20)16-9-18-13-29-14-19(10-16)23(18)12-15-5-3-2-4-6-15/h2-8,11,16,18-19H,9-10,12-14H2,1H3. The maximum atomic E-state index is 12.3. The third kappa shape index (κ3) is 4.02. The van der Waals surface area contributed by atoms with Crippen LogP contribution in [0.3, 0.4) is 0 Å². The number of piperidine rings is 1. The zero-order valence-corrected chi connectivity index (χ0v) is 16.3. The number of carbonyl (C=O) groups excluding carboxylic acids is 1. The van der Waals surface area contributed by atoms with Crippen molar-refractivity contribution in [2.75, 3.05) is 20.3 Å². The highest BCUT2D eigenvalue weighted by Gasteiger charge is 2.40. The molecule has 2 aromatic carbocycles. The van der Waals surface area contributed by atoms with Crippen molar-refractivity contribution in [1.82, 2.24) is 4.90 Å². The van der Waals surface area contributed by atoms with Gasteiger partial charge in [0.25, 0.3) is 5.69 Å². The summed E-state index contributed by atoms with van der Waals surface area (Å²) in [5.41, 5.74) is 2.38. The Balaban J connectivity index is 1.62. The van der Waals surface area contributed by atoms with E-state index in [0.717, 1.165) is 19.4 Å². The van der Waals surface area contributed by atoms with Gasteiger partial charge in [0.2, 0.25) is 0 Å². The van der Waals surface area contributed by atoms with Gasteiger partial charge in [0, 0.05) is 30.8 Å². The largest absolute Gasteiger partial charge is 0.465 e. The van der Waals surface area contributed by atoms with E-state index in [9.17, 15) is 14.9 Å². The van der Waals surface area contributed by atoms with Crippen LogP contribution in [0.15, 0.2) is 48.5 Å². The summed E-state index contributed by atoms with van der Waals surface area (Å²) in [7, 11) is 1.33. The van der Waals surface area contributed by atoms with Crippen LogP contribution in [0.4, 0.5) is 5.69 Å². The summed E-state index contributed by atoms with van der Waals surface area (Å²) in [5.74, 6) is -0.405. The Labute approximate surface area is 169 Å². The Hall–Kier alpha value is -2.77. The molecular weight excluding hydrogens is 372 g/mol. The van der Waals surface area contributed by atoms with Crippen molar-refractivity contribution in [1.29, 1.82) is 0 Å². The van der Waals surface area contributed by atoms with Crippen molar-refractivity contribution in [2.45, 2.75) is 37.4 Å². The molecule has 0 spiro atoms. The Bertz CT molecular complexity index is 887. The predicted octanol–water partition coefficient (Wildman–Crippen LogP) is 3.53. The van der Waals surface area contributed by atoms with E-state index in [1.54, 1.807) is 6.07 Å². The molecule has 0 aromatic heterocycles. The molecule has 2 aromatic rings. The van der Waals surface area contributed by atoms with E-state index in [0.29, 0.717) is 24.3 Å². The highest BCUT2D eigenvalue weighted by Crippen LogP contribution is 2.40. The number of carbonyl (C=O) groups is 1. The predicted molar refractivity (Wildman–Crippen MR) is 107 cm³/mol. The molecule has 2 aliphatic rings. The quantitative estimate of drug-likeness (QED) is 0.437. The van der Waals surface area contributed by atoms with Gasteiger partial charge in [-0.15, -0.1) is 0 Å². The van der Waals surface area contributed by atoms with Crippen molar-refractivity contribution >= 4 is 11.7 Å². The minimum Gasteiger partial charge on any atom is -0.465 e. The van der Waals surface area contributed by atoms with Crippen LogP contribution in [-0.2, 0) is 16.0 Å². The van der Waals surface area contributed by atoms with Gasteiger partial charge in [-0.25, -0.2) is 4.79 Å². The van der Waals surface area contributed by atoms with Crippen molar-refractivity contribution in [3.63, 3.8) is 0 Å². The summed E-state index contributed by atoms with van der Waals surface area (Å²) in [6, 6.07) is 15.2. The van der Waals surface area contributed by atoms with Crippen molar-refractivity contribution < 1.29 is 19.2 Å². The number of morpholine rings is 1. The lowest BCUT2D eigenvalue weighted by atomic mass is 9.79. The van der Waals surface area contributed by atoms with Crippen LogP contribution in [0.2, 0.25) is 0 Å². The molecule has 2 heterocycles. The Morgan fingerprint density at radius 2 is 1.86 bits per heavy atom. The highest BCUT2D eigenvalue weighted by atomic mass is 16.6. The molecule has 4 rings (SSSR count). The number of nitro benzene ring substituents is 1. The zero-order valence-electron chi connectivity index (χ0n) is 16.3. The van der Waals surface area contributed by atoms with Crippen LogP contribution in [0, 0.1) is 10.1 Å². The normalized spacial score (nSPS) is 24.1. The molecule has 0 N–H and O–H groups in total. The first kappa shape index (κ1) is 19.5. The van der Waals surface area contributed by atoms with Crippen molar-refractivity contribution in [3.05, 3.63) is 75.3 Å². The van der Waals surface area contributed by atoms with Crippen molar-refractivity contribution in [2.24, 2.45) is 0 Å². The molecule has 0 saturated carbocycles. The molecule has 2 fully saturated rings. The second kappa shape index (κ2) is 8.31. The average molecular weight is 396 g/mol. The molecule has 2 atom stereocenters. The SMILES string of the molecule is COC(=O)c1ccc([N+](=O)[O-])cc1C1CC2COCC(C1)N2Cc1ccccc1. The Morgan fingerprint density at radius 3 is 2.48 bits per heavy atom.